The Kier molecular flexibility index (Phi) is 6.65. The Hall–Kier alpha value is -1.16. The maximum absolute atomic E-state index is 4.10. The molecule has 0 radical (unpaired) electrons. The monoisotopic (exact) mass is 250 g/mol. The van der Waals surface area contributed by atoms with Crippen LogP contribution in [0.25, 0.3) is 5.57 Å². The molecule has 1 aromatic rings. The number of allylic oxidation sites excluding steroid dienone is 1. The summed E-state index contributed by atoms with van der Waals surface area (Å²) in [4.78, 5) is 0. The van der Waals surface area contributed by atoms with Gasteiger partial charge in [0.25, 0.3) is 0 Å². The summed E-state index contributed by atoms with van der Waals surface area (Å²) in [6.45, 7) is 11.8. The molecule has 1 N–H and O–H groups in total. The summed E-state index contributed by atoms with van der Waals surface area (Å²) in [6, 6.07) is 0. The maximum Gasteiger partial charge on any atom is 0.0839 e. The first-order valence-corrected chi connectivity index (χ1v) is 6.91. The van der Waals surface area contributed by atoms with E-state index in [9.17, 15) is 0 Å². The standard InChI is InChI=1S/C14H26N4/c1-5-9-18-14(11-16-17-18)13(4)7-6-8-15-10-12(2)3/h7,11-12,15H,5-6,8-10H2,1-4H3/b13-7+. The van der Waals surface area contributed by atoms with Crippen molar-refractivity contribution < 1.29 is 0 Å². The van der Waals surface area contributed by atoms with Gasteiger partial charge in [0, 0.05) is 6.54 Å². The van der Waals surface area contributed by atoms with Crippen LogP contribution in [-0.2, 0) is 6.54 Å². The second-order valence-corrected chi connectivity index (χ2v) is 5.12. The first kappa shape index (κ1) is 14.9. The third kappa shape index (κ3) is 5.00. The second-order valence-electron chi connectivity index (χ2n) is 5.12. The van der Waals surface area contributed by atoms with Crippen molar-refractivity contribution >= 4 is 5.57 Å². The van der Waals surface area contributed by atoms with E-state index in [-0.39, 0.29) is 0 Å². The number of hydrogen-bond donors (Lipinski definition) is 1. The average Bonchev–Trinajstić information content (AvgIpc) is 2.77. The first-order valence-electron chi connectivity index (χ1n) is 6.91. The molecule has 102 valence electrons. The summed E-state index contributed by atoms with van der Waals surface area (Å²) < 4.78 is 1.98. The van der Waals surface area contributed by atoms with Crippen LogP contribution in [0.1, 0.15) is 46.2 Å². The number of nitrogens with zero attached hydrogens (tertiary/aromatic N) is 3. The molecule has 1 heterocycles. The highest BCUT2D eigenvalue weighted by Gasteiger charge is 2.04. The van der Waals surface area contributed by atoms with E-state index < -0.39 is 0 Å². The van der Waals surface area contributed by atoms with Gasteiger partial charge in [-0.25, -0.2) is 4.68 Å². The van der Waals surface area contributed by atoms with Crippen molar-refractivity contribution in [1.82, 2.24) is 20.3 Å². The third-order valence-electron chi connectivity index (χ3n) is 2.78. The highest BCUT2D eigenvalue weighted by Crippen LogP contribution is 2.12. The van der Waals surface area contributed by atoms with Crippen molar-refractivity contribution in [2.45, 2.75) is 47.1 Å². The predicted octanol–water partition coefficient (Wildman–Crippen LogP) is 2.73. The molecule has 0 atom stereocenters. The molecular weight excluding hydrogens is 224 g/mol. The van der Waals surface area contributed by atoms with Gasteiger partial charge in [0.1, 0.15) is 0 Å². The summed E-state index contributed by atoms with van der Waals surface area (Å²) in [5.41, 5.74) is 2.40. The topological polar surface area (TPSA) is 42.7 Å². The van der Waals surface area contributed by atoms with Gasteiger partial charge in [-0.2, -0.15) is 0 Å². The van der Waals surface area contributed by atoms with Gasteiger partial charge < -0.3 is 5.32 Å². The minimum atomic E-state index is 0.713. The molecule has 4 heteroatoms. The molecule has 1 rings (SSSR count). The molecule has 0 bridgehead atoms. The van der Waals surface area contributed by atoms with Gasteiger partial charge in [-0.1, -0.05) is 32.1 Å². The molecule has 4 nitrogen and oxygen atoms in total. The molecule has 0 spiro atoms. The molecule has 0 aliphatic carbocycles. The zero-order valence-corrected chi connectivity index (χ0v) is 12.1. The van der Waals surface area contributed by atoms with Crippen LogP contribution < -0.4 is 5.32 Å². The van der Waals surface area contributed by atoms with Gasteiger partial charge in [-0.05, 0) is 44.3 Å². The van der Waals surface area contributed by atoms with Crippen LogP contribution in [0.3, 0.4) is 0 Å². The highest BCUT2D eigenvalue weighted by atomic mass is 15.4. The fourth-order valence-corrected chi connectivity index (χ4v) is 1.83. The zero-order chi connectivity index (χ0) is 13.4. The lowest BCUT2D eigenvalue weighted by Gasteiger charge is -2.07. The molecule has 1 aromatic heterocycles. The van der Waals surface area contributed by atoms with E-state index >= 15 is 0 Å². The molecule has 0 fully saturated rings. The van der Waals surface area contributed by atoms with Crippen molar-refractivity contribution in [2.75, 3.05) is 13.1 Å². The van der Waals surface area contributed by atoms with E-state index in [1.807, 2.05) is 10.9 Å². The van der Waals surface area contributed by atoms with Gasteiger partial charge in [0.2, 0.25) is 0 Å². The lowest BCUT2D eigenvalue weighted by atomic mass is 10.2. The van der Waals surface area contributed by atoms with E-state index in [0.29, 0.717) is 5.92 Å². The molecule has 0 saturated carbocycles. The van der Waals surface area contributed by atoms with Gasteiger partial charge >= 0.3 is 0 Å². The van der Waals surface area contributed by atoms with Crippen LogP contribution in [0.15, 0.2) is 12.3 Å². The van der Waals surface area contributed by atoms with Gasteiger partial charge in [0.15, 0.2) is 0 Å². The number of rotatable bonds is 8. The quantitative estimate of drug-likeness (QED) is 0.721. The summed E-state index contributed by atoms with van der Waals surface area (Å²) in [6.07, 6.45) is 6.25. The van der Waals surface area contributed by atoms with Crippen LogP contribution >= 0.6 is 0 Å². The molecule has 0 aliphatic heterocycles. The fraction of sp³-hybridized carbons (Fsp3) is 0.714. The minimum absolute atomic E-state index is 0.713. The van der Waals surface area contributed by atoms with Crippen LogP contribution in [0.5, 0.6) is 0 Å². The van der Waals surface area contributed by atoms with Crippen LogP contribution in [-0.4, -0.2) is 28.1 Å². The maximum atomic E-state index is 4.10. The van der Waals surface area contributed by atoms with Gasteiger partial charge in [0.05, 0.1) is 11.9 Å². The normalized spacial score (nSPS) is 12.4. The van der Waals surface area contributed by atoms with Crippen molar-refractivity contribution in [3.8, 4) is 0 Å². The largest absolute Gasteiger partial charge is 0.316 e. The summed E-state index contributed by atoms with van der Waals surface area (Å²) in [7, 11) is 0. The Morgan fingerprint density at radius 2 is 2.28 bits per heavy atom. The molecule has 0 saturated heterocycles. The minimum Gasteiger partial charge on any atom is -0.316 e. The molecule has 0 amide bonds. The number of aromatic nitrogens is 3. The van der Waals surface area contributed by atoms with Gasteiger partial charge in [-0.15, -0.1) is 5.10 Å². The Morgan fingerprint density at radius 1 is 1.50 bits per heavy atom. The average molecular weight is 250 g/mol. The molecule has 18 heavy (non-hydrogen) atoms. The summed E-state index contributed by atoms with van der Waals surface area (Å²) >= 11 is 0. The zero-order valence-electron chi connectivity index (χ0n) is 12.1. The number of nitrogens with one attached hydrogen (secondary N) is 1. The van der Waals surface area contributed by atoms with E-state index in [4.69, 9.17) is 0 Å². The predicted molar refractivity (Wildman–Crippen MR) is 76.3 cm³/mol. The smallest absolute Gasteiger partial charge is 0.0839 e. The highest BCUT2D eigenvalue weighted by molar-refractivity contribution is 5.59. The van der Waals surface area contributed by atoms with Crippen LogP contribution in [0.2, 0.25) is 0 Å². The fourth-order valence-electron chi connectivity index (χ4n) is 1.83. The Labute approximate surface area is 110 Å². The van der Waals surface area contributed by atoms with E-state index in [2.05, 4.69) is 49.4 Å². The molecule has 0 aliphatic rings. The SMILES string of the molecule is CCCn1nncc1/C(C)=C/CCNCC(C)C. The van der Waals surface area contributed by atoms with Crippen molar-refractivity contribution in [1.29, 1.82) is 0 Å². The first-order chi connectivity index (χ1) is 8.65. The Bertz CT molecular complexity index is 366. The lowest BCUT2D eigenvalue weighted by molar-refractivity contribution is 0.556. The second kappa shape index (κ2) is 8.03. The lowest BCUT2D eigenvalue weighted by Crippen LogP contribution is -2.20. The third-order valence-corrected chi connectivity index (χ3v) is 2.78. The molecule has 0 unspecified atom stereocenters. The molecule has 0 aromatic carbocycles. The van der Waals surface area contributed by atoms with Gasteiger partial charge in [-0.3, -0.25) is 0 Å². The number of hydrogen-bond acceptors (Lipinski definition) is 3. The van der Waals surface area contributed by atoms with E-state index in [0.717, 1.165) is 38.2 Å². The van der Waals surface area contributed by atoms with E-state index in [1.165, 1.54) is 5.57 Å². The van der Waals surface area contributed by atoms with Crippen LogP contribution in [0, 0.1) is 5.92 Å². The van der Waals surface area contributed by atoms with Crippen molar-refractivity contribution in [2.24, 2.45) is 5.92 Å². The van der Waals surface area contributed by atoms with Crippen LogP contribution in [0.4, 0.5) is 0 Å². The summed E-state index contributed by atoms with van der Waals surface area (Å²) in [5, 5.41) is 11.5. The summed E-state index contributed by atoms with van der Waals surface area (Å²) in [5.74, 6) is 0.713. The number of aryl methyl sites for hydroxylation is 1. The molecular formula is C14H26N4. The van der Waals surface area contributed by atoms with Crippen molar-refractivity contribution in [3.05, 3.63) is 18.0 Å². The van der Waals surface area contributed by atoms with Crippen molar-refractivity contribution in [3.63, 3.8) is 0 Å². The Morgan fingerprint density at radius 3 is 2.94 bits per heavy atom. The Balaban J connectivity index is 2.42. The van der Waals surface area contributed by atoms with E-state index in [1.54, 1.807) is 0 Å².